The van der Waals surface area contributed by atoms with Gasteiger partial charge < -0.3 is 15.8 Å². The lowest BCUT2D eigenvalue weighted by atomic mass is 10.2. The first kappa shape index (κ1) is 14.3. The number of carbonyl (C=O) groups excluding carboxylic acids is 1. The van der Waals surface area contributed by atoms with E-state index < -0.39 is 0 Å². The van der Waals surface area contributed by atoms with E-state index in [0.29, 0.717) is 28.9 Å². The molecule has 0 unspecified atom stereocenters. The molecule has 1 aromatic rings. The van der Waals surface area contributed by atoms with Crippen LogP contribution in [0, 0.1) is 6.92 Å². The molecule has 0 fully saturated rings. The van der Waals surface area contributed by atoms with Crippen LogP contribution in [-0.2, 0) is 9.53 Å². The van der Waals surface area contributed by atoms with Crippen LogP contribution in [0.15, 0.2) is 12.1 Å². The molecule has 0 bridgehead atoms. The van der Waals surface area contributed by atoms with Crippen LogP contribution >= 0.6 is 23.2 Å². The first-order chi connectivity index (χ1) is 8.04. The van der Waals surface area contributed by atoms with E-state index >= 15 is 0 Å². The molecule has 1 aromatic carbocycles. The van der Waals surface area contributed by atoms with Gasteiger partial charge in [0.2, 0.25) is 5.91 Å². The van der Waals surface area contributed by atoms with Crippen molar-refractivity contribution in [2.75, 3.05) is 25.1 Å². The summed E-state index contributed by atoms with van der Waals surface area (Å²) in [6.45, 7) is 2.50. The summed E-state index contributed by atoms with van der Waals surface area (Å²) >= 11 is 11.9. The largest absolute Gasteiger partial charge is 0.370 e. The van der Waals surface area contributed by atoms with Gasteiger partial charge in [-0.25, -0.2) is 0 Å². The van der Waals surface area contributed by atoms with Crippen molar-refractivity contribution in [2.24, 2.45) is 5.73 Å². The Morgan fingerprint density at radius 2 is 2.12 bits per heavy atom. The van der Waals surface area contributed by atoms with E-state index in [1.54, 1.807) is 12.1 Å². The Morgan fingerprint density at radius 3 is 2.76 bits per heavy atom. The van der Waals surface area contributed by atoms with Gasteiger partial charge in [0, 0.05) is 11.6 Å². The Kier molecular flexibility index (Phi) is 5.71. The maximum absolute atomic E-state index is 11.5. The molecular weight excluding hydrogens is 263 g/mol. The second-order valence-electron chi connectivity index (χ2n) is 3.47. The van der Waals surface area contributed by atoms with Crippen molar-refractivity contribution in [1.82, 2.24) is 0 Å². The fourth-order valence-electron chi connectivity index (χ4n) is 1.18. The van der Waals surface area contributed by atoms with Crippen LogP contribution in [0.4, 0.5) is 5.69 Å². The number of hydrogen-bond donors (Lipinski definition) is 2. The maximum atomic E-state index is 11.5. The van der Waals surface area contributed by atoms with Gasteiger partial charge in [-0.3, -0.25) is 4.79 Å². The number of nitrogens with one attached hydrogen (secondary N) is 1. The highest BCUT2D eigenvalue weighted by atomic mass is 35.5. The molecule has 6 heteroatoms. The zero-order valence-corrected chi connectivity index (χ0v) is 10.9. The van der Waals surface area contributed by atoms with Crippen LogP contribution in [0.2, 0.25) is 10.0 Å². The third-order valence-electron chi connectivity index (χ3n) is 2.02. The topological polar surface area (TPSA) is 64.3 Å². The zero-order valence-electron chi connectivity index (χ0n) is 9.43. The van der Waals surface area contributed by atoms with Gasteiger partial charge >= 0.3 is 0 Å². The van der Waals surface area contributed by atoms with Crippen molar-refractivity contribution in [3.8, 4) is 0 Å². The number of halogens is 2. The number of anilines is 1. The summed E-state index contributed by atoms with van der Waals surface area (Å²) in [6, 6.07) is 3.31. The Hall–Kier alpha value is -0.810. The van der Waals surface area contributed by atoms with Crippen LogP contribution in [0.25, 0.3) is 0 Å². The first-order valence-corrected chi connectivity index (χ1v) is 5.83. The summed E-state index contributed by atoms with van der Waals surface area (Å²) in [5.74, 6) is -0.291. The van der Waals surface area contributed by atoms with Crippen molar-refractivity contribution in [1.29, 1.82) is 0 Å². The Labute approximate surface area is 110 Å². The van der Waals surface area contributed by atoms with Crippen molar-refractivity contribution in [3.05, 3.63) is 27.7 Å². The average molecular weight is 277 g/mol. The first-order valence-electron chi connectivity index (χ1n) is 5.08. The smallest absolute Gasteiger partial charge is 0.250 e. The van der Waals surface area contributed by atoms with Crippen molar-refractivity contribution >= 4 is 34.8 Å². The molecular formula is C11H14Cl2N2O2. The SMILES string of the molecule is Cc1cc(Cl)c(NC(=O)COCCN)cc1Cl. The molecule has 0 atom stereocenters. The van der Waals surface area contributed by atoms with E-state index in [0.717, 1.165) is 5.56 Å². The molecule has 1 rings (SSSR count). The number of hydrogen-bond acceptors (Lipinski definition) is 3. The minimum atomic E-state index is -0.291. The molecule has 94 valence electrons. The van der Waals surface area contributed by atoms with E-state index in [1.165, 1.54) is 0 Å². The standard InChI is InChI=1S/C11H14Cl2N2O2/c1-7-4-9(13)10(5-8(7)12)15-11(16)6-17-3-2-14/h4-5H,2-3,6,14H2,1H3,(H,15,16). The number of rotatable bonds is 5. The van der Waals surface area contributed by atoms with Crippen LogP contribution in [0.3, 0.4) is 0 Å². The predicted molar refractivity (Wildman–Crippen MR) is 69.7 cm³/mol. The third kappa shape index (κ3) is 4.52. The quantitative estimate of drug-likeness (QED) is 0.811. The van der Waals surface area contributed by atoms with Gasteiger partial charge in [0.05, 0.1) is 17.3 Å². The summed E-state index contributed by atoms with van der Waals surface area (Å²) < 4.78 is 5.00. The van der Waals surface area contributed by atoms with Gasteiger partial charge in [0.15, 0.2) is 0 Å². The molecule has 1 amide bonds. The molecule has 4 nitrogen and oxygen atoms in total. The van der Waals surface area contributed by atoms with Gasteiger partial charge in [-0.1, -0.05) is 23.2 Å². The van der Waals surface area contributed by atoms with Gasteiger partial charge in [-0.15, -0.1) is 0 Å². The highest BCUT2D eigenvalue weighted by Crippen LogP contribution is 2.28. The number of nitrogens with two attached hydrogens (primary N) is 1. The maximum Gasteiger partial charge on any atom is 0.250 e. The molecule has 0 saturated carbocycles. The normalized spacial score (nSPS) is 10.4. The van der Waals surface area contributed by atoms with Crippen LogP contribution in [0.1, 0.15) is 5.56 Å². The van der Waals surface area contributed by atoms with Crippen LogP contribution in [0.5, 0.6) is 0 Å². The summed E-state index contributed by atoms with van der Waals surface area (Å²) in [5, 5.41) is 3.61. The van der Waals surface area contributed by atoms with E-state index in [4.69, 9.17) is 33.7 Å². The molecule has 0 radical (unpaired) electrons. The van der Waals surface area contributed by atoms with Crippen molar-refractivity contribution < 1.29 is 9.53 Å². The lowest BCUT2D eigenvalue weighted by Crippen LogP contribution is -2.20. The molecule has 0 heterocycles. The number of ether oxygens (including phenoxy) is 1. The molecule has 17 heavy (non-hydrogen) atoms. The molecule has 0 saturated heterocycles. The number of amides is 1. The lowest BCUT2D eigenvalue weighted by molar-refractivity contribution is -0.120. The van der Waals surface area contributed by atoms with Gasteiger partial charge in [0.25, 0.3) is 0 Å². The van der Waals surface area contributed by atoms with Gasteiger partial charge in [-0.05, 0) is 24.6 Å². The third-order valence-corrected chi connectivity index (χ3v) is 2.74. The fraction of sp³-hybridized carbons (Fsp3) is 0.364. The second kappa shape index (κ2) is 6.81. The van der Waals surface area contributed by atoms with Gasteiger partial charge in [0.1, 0.15) is 6.61 Å². The second-order valence-corrected chi connectivity index (χ2v) is 4.29. The van der Waals surface area contributed by atoms with Crippen LogP contribution in [-0.4, -0.2) is 25.7 Å². The summed E-state index contributed by atoms with van der Waals surface area (Å²) in [7, 11) is 0. The highest BCUT2D eigenvalue weighted by Gasteiger charge is 2.08. The highest BCUT2D eigenvalue weighted by molar-refractivity contribution is 6.36. The van der Waals surface area contributed by atoms with Crippen molar-refractivity contribution in [3.63, 3.8) is 0 Å². The van der Waals surface area contributed by atoms with Crippen molar-refractivity contribution in [2.45, 2.75) is 6.92 Å². The summed E-state index contributed by atoms with van der Waals surface area (Å²) in [4.78, 5) is 11.5. The molecule has 0 aliphatic carbocycles. The molecule has 3 N–H and O–H groups in total. The fourth-order valence-corrected chi connectivity index (χ4v) is 1.61. The van der Waals surface area contributed by atoms with E-state index in [1.807, 2.05) is 6.92 Å². The van der Waals surface area contributed by atoms with E-state index in [2.05, 4.69) is 5.32 Å². The predicted octanol–water partition coefficient (Wildman–Crippen LogP) is 2.22. The minimum Gasteiger partial charge on any atom is -0.370 e. The Balaban J connectivity index is 2.62. The lowest BCUT2D eigenvalue weighted by Gasteiger charge is -2.09. The number of aryl methyl sites for hydroxylation is 1. The Morgan fingerprint density at radius 1 is 1.41 bits per heavy atom. The Bertz CT molecular complexity index is 411. The molecule has 0 aliphatic heterocycles. The van der Waals surface area contributed by atoms with Gasteiger partial charge in [-0.2, -0.15) is 0 Å². The minimum absolute atomic E-state index is 0.0565. The zero-order chi connectivity index (χ0) is 12.8. The monoisotopic (exact) mass is 276 g/mol. The summed E-state index contributed by atoms with van der Waals surface area (Å²) in [6.07, 6.45) is 0. The summed E-state index contributed by atoms with van der Waals surface area (Å²) in [5.41, 5.74) is 6.56. The number of carbonyl (C=O) groups is 1. The van der Waals surface area contributed by atoms with Crippen LogP contribution < -0.4 is 11.1 Å². The molecule has 0 spiro atoms. The average Bonchev–Trinajstić information content (AvgIpc) is 2.26. The molecule has 0 aliphatic rings. The van der Waals surface area contributed by atoms with E-state index in [9.17, 15) is 4.79 Å². The molecule has 0 aromatic heterocycles. The number of benzene rings is 1. The van der Waals surface area contributed by atoms with E-state index in [-0.39, 0.29) is 12.5 Å².